The fraction of sp³-hybridized carbons (Fsp3) is 1.00. The maximum Gasteiger partial charge on any atom is 0.464 e. The third-order valence-electron chi connectivity index (χ3n) is 2.24. The average molecular weight is 263 g/mol. The molecule has 15 heavy (non-hydrogen) atoms. The van der Waals surface area contributed by atoms with Gasteiger partial charge in [-0.25, -0.2) is 4.41 Å². The van der Waals surface area contributed by atoms with Gasteiger partial charge < -0.3 is 0 Å². The fourth-order valence-corrected chi connectivity index (χ4v) is 7.48. The number of hydrogen-bond donors (Lipinski definition) is 0. The van der Waals surface area contributed by atoms with Gasteiger partial charge in [0.2, 0.25) is 0 Å². The van der Waals surface area contributed by atoms with Crippen molar-refractivity contribution in [1.29, 1.82) is 0 Å². The molecular weight excluding hydrogens is 245 g/mol. The molecule has 0 N–H and O–H groups in total. The maximum absolute atomic E-state index is 14.6. The van der Waals surface area contributed by atoms with Crippen LogP contribution in [0.2, 0.25) is 10.1 Å². The van der Waals surface area contributed by atoms with E-state index in [1.165, 1.54) is 41.5 Å². The monoisotopic (exact) mass is 263 g/mol. The molecule has 0 saturated heterocycles. The SMILES string of the molecule is CC(C)(C)[Si](F)(N=P(F)(F)F)C(C)(C)C. The Balaban J connectivity index is 5.67. The van der Waals surface area contributed by atoms with Gasteiger partial charge in [0.25, 0.3) is 0 Å². The molecule has 0 aromatic heterocycles. The first-order valence-electron chi connectivity index (χ1n) is 4.62. The van der Waals surface area contributed by atoms with E-state index in [0.29, 0.717) is 0 Å². The van der Waals surface area contributed by atoms with Gasteiger partial charge in [0.05, 0.1) is 0 Å². The Labute approximate surface area is 89.9 Å². The second-order valence-electron chi connectivity index (χ2n) is 5.64. The van der Waals surface area contributed by atoms with Crippen molar-refractivity contribution in [2.24, 2.45) is 4.41 Å². The molecule has 0 aromatic carbocycles. The first kappa shape index (κ1) is 15.2. The van der Waals surface area contributed by atoms with Gasteiger partial charge in [0.15, 0.2) is 0 Å². The summed E-state index contributed by atoms with van der Waals surface area (Å²) in [5.74, 6) is 0. The van der Waals surface area contributed by atoms with E-state index in [1.54, 1.807) is 0 Å². The molecule has 0 atom stereocenters. The van der Waals surface area contributed by atoms with Crippen molar-refractivity contribution in [1.82, 2.24) is 0 Å². The number of nitrogens with zero attached hydrogens (tertiary/aromatic N) is 1. The summed E-state index contributed by atoms with van der Waals surface area (Å²) in [6, 6.07) is 0. The van der Waals surface area contributed by atoms with Crippen LogP contribution in [0, 0.1) is 0 Å². The van der Waals surface area contributed by atoms with E-state index in [2.05, 4.69) is 4.41 Å². The van der Waals surface area contributed by atoms with Gasteiger partial charge in [-0.05, 0) is 0 Å². The molecule has 0 spiro atoms. The zero-order chi connectivity index (χ0) is 12.7. The van der Waals surface area contributed by atoms with Gasteiger partial charge >= 0.3 is 16.6 Å². The van der Waals surface area contributed by atoms with E-state index in [4.69, 9.17) is 0 Å². The first-order chi connectivity index (χ1) is 6.21. The Kier molecular flexibility index (Phi) is 3.92. The second-order valence-corrected chi connectivity index (χ2v) is 11.5. The predicted octanol–water partition coefficient (Wildman–Crippen LogP) is 5.85. The van der Waals surface area contributed by atoms with Crippen molar-refractivity contribution in [2.45, 2.75) is 51.6 Å². The lowest BCUT2D eigenvalue weighted by Gasteiger charge is -2.40. The minimum Gasteiger partial charge on any atom is -0.282 e. The maximum atomic E-state index is 14.6. The quantitative estimate of drug-likeness (QED) is 0.243. The van der Waals surface area contributed by atoms with E-state index in [1.807, 2.05) is 0 Å². The fourth-order valence-electron chi connectivity index (χ4n) is 1.58. The van der Waals surface area contributed by atoms with Crippen molar-refractivity contribution in [3.8, 4) is 0 Å². The molecule has 7 heteroatoms. The molecule has 0 radical (unpaired) electrons. The molecule has 0 bridgehead atoms. The highest BCUT2D eigenvalue weighted by atomic mass is 31.2. The number of hydrogen-bond acceptors (Lipinski definition) is 1. The second kappa shape index (κ2) is 3.88. The minimum absolute atomic E-state index is 1.04. The van der Waals surface area contributed by atoms with Gasteiger partial charge in [0, 0.05) is 10.1 Å². The molecule has 0 unspecified atom stereocenters. The predicted molar refractivity (Wildman–Crippen MR) is 59.0 cm³/mol. The van der Waals surface area contributed by atoms with Crippen LogP contribution in [0.3, 0.4) is 0 Å². The van der Waals surface area contributed by atoms with Crippen molar-refractivity contribution in [3.05, 3.63) is 0 Å². The molecule has 0 saturated carbocycles. The van der Waals surface area contributed by atoms with E-state index >= 15 is 0 Å². The summed E-state index contributed by atoms with van der Waals surface area (Å²) < 4.78 is 54.3. The summed E-state index contributed by atoms with van der Waals surface area (Å²) in [6.07, 6.45) is 0. The normalized spacial score (nSPS) is 15.3. The number of rotatable bonds is 1. The van der Waals surface area contributed by atoms with Crippen molar-refractivity contribution < 1.29 is 16.7 Å². The van der Waals surface area contributed by atoms with Crippen molar-refractivity contribution >= 4 is 16.6 Å². The molecule has 0 aromatic rings. The summed E-state index contributed by atoms with van der Waals surface area (Å²) >= 11 is 0. The van der Waals surface area contributed by atoms with Gasteiger partial charge in [-0.3, -0.25) is 4.11 Å². The lowest BCUT2D eigenvalue weighted by atomic mass is 10.2. The van der Waals surface area contributed by atoms with Crippen LogP contribution in [0.1, 0.15) is 41.5 Å². The summed E-state index contributed by atoms with van der Waals surface area (Å²) in [4.78, 5) is 0. The smallest absolute Gasteiger partial charge is 0.282 e. The molecule has 0 aliphatic rings. The highest BCUT2D eigenvalue weighted by Gasteiger charge is 2.58. The Morgan fingerprint density at radius 1 is 0.867 bits per heavy atom. The van der Waals surface area contributed by atoms with Crippen LogP contribution in [0.5, 0.6) is 0 Å². The molecule has 0 fully saturated rings. The molecule has 1 nitrogen and oxygen atoms in total. The largest absolute Gasteiger partial charge is 0.464 e. The first-order valence-corrected chi connectivity index (χ1v) is 7.86. The van der Waals surface area contributed by atoms with Gasteiger partial charge in [-0.15, -0.1) is 12.6 Å². The van der Waals surface area contributed by atoms with Crippen LogP contribution in [0.4, 0.5) is 16.7 Å². The van der Waals surface area contributed by atoms with E-state index in [9.17, 15) is 16.7 Å². The van der Waals surface area contributed by atoms with Crippen molar-refractivity contribution in [2.75, 3.05) is 0 Å². The van der Waals surface area contributed by atoms with Crippen LogP contribution in [0.25, 0.3) is 0 Å². The molecule has 0 aliphatic carbocycles. The highest BCUT2D eigenvalue weighted by Crippen LogP contribution is 2.63. The highest BCUT2D eigenvalue weighted by molar-refractivity contribution is 7.51. The third kappa shape index (κ3) is 3.59. The molecule has 0 rings (SSSR count). The minimum atomic E-state index is -5.92. The van der Waals surface area contributed by atoms with E-state index < -0.39 is 26.6 Å². The summed E-state index contributed by atoms with van der Waals surface area (Å²) in [5.41, 5.74) is 0. The molecular formula is C8H18F4NPSi. The van der Waals surface area contributed by atoms with Gasteiger partial charge in [-0.1, -0.05) is 41.5 Å². The molecule has 0 aliphatic heterocycles. The van der Waals surface area contributed by atoms with E-state index in [-0.39, 0.29) is 0 Å². The number of halogens is 4. The summed E-state index contributed by atoms with van der Waals surface area (Å²) in [5, 5.41) is -2.08. The van der Waals surface area contributed by atoms with Gasteiger partial charge in [-0.2, -0.15) is 0 Å². The van der Waals surface area contributed by atoms with Crippen LogP contribution >= 0.6 is 7.99 Å². The topological polar surface area (TPSA) is 12.4 Å². The molecule has 0 amide bonds. The van der Waals surface area contributed by atoms with Crippen LogP contribution < -0.4 is 0 Å². The average Bonchev–Trinajstić information content (AvgIpc) is 1.77. The lowest BCUT2D eigenvalue weighted by Crippen LogP contribution is -2.46. The Morgan fingerprint density at radius 2 is 1.13 bits per heavy atom. The lowest BCUT2D eigenvalue weighted by molar-refractivity contribution is 0.509. The van der Waals surface area contributed by atoms with E-state index in [0.717, 1.165) is 0 Å². The molecule has 92 valence electrons. The van der Waals surface area contributed by atoms with Gasteiger partial charge in [0.1, 0.15) is 0 Å². The third-order valence-corrected chi connectivity index (χ3v) is 8.22. The van der Waals surface area contributed by atoms with Crippen molar-refractivity contribution in [3.63, 3.8) is 0 Å². The zero-order valence-electron chi connectivity index (χ0n) is 9.91. The van der Waals surface area contributed by atoms with Crippen LogP contribution in [-0.2, 0) is 0 Å². The Hall–Kier alpha value is 0.167. The Morgan fingerprint density at radius 3 is 1.20 bits per heavy atom. The summed E-state index contributed by atoms with van der Waals surface area (Å²) in [6.45, 7) is 8.94. The summed E-state index contributed by atoms with van der Waals surface area (Å²) in [7, 11) is -10.2. The zero-order valence-corrected chi connectivity index (χ0v) is 11.8. The Bertz CT molecular complexity index is 264. The standard InChI is InChI=1S/C8H18F4NPSi/c1-7(2,3)15(12,8(4,5)6)13-14(9,10)11/h1-6H3. The molecule has 0 heterocycles. The van der Waals surface area contributed by atoms with Crippen LogP contribution in [0.15, 0.2) is 4.41 Å². The van der Waals surface area contributed by atoms with Crippen LogP contribution in [-0.4, -0.2) is 8.57 Å².